The van der Waals surface area contributed by atoms with Gasteiger partial charge < -0.3 is 19.5 Å². The fourth-order valence-electron chi connectivity index (χ4n) is 4.01. The number of alkyl carbamates (subject to hydrolysis) is 1. The van der Waals surface area contributed by atoms with Gasteiger partial charge in [-0.15, -0.1) is 0 Å². The summed E-state index contributed by atoms with van der Waals surface area (Å²) in [5, 5.41) is 2.63. The minimum atomic E-state index is -0.624. The summed E-state index contributed by atoms with van der Waals surface area (Å²) in [4.78, 5) is 36.4. The van der Waals surface area contributed by atoms with E-state index in [1.54, 1.807) is 0 Å². The van der Waals surface area contributed by atoms with Crippen molar-refractivity contribution < 1.29 is 28.6 Å². The fourth-order valence-corrected chi connectivity index (χ4v) is 4.01. The van der Waals surface area contributed by atoms with Gasteiger partial charge in [0.15, 0.2) is 0 Å². The lowest BCUT2D eigenvalue weighted by molar-refractivity contribution is -0.158. The number of hydrogen-bond donors (Lipinski definition) is 1. The molecule has 0 aliphatic carbocycles. The second-order valence-corrected chi connectivity index (χ2v) is 11.9. The van der Waals surface area contributed by atoms with Crippen molar-refractivity contribution in [1.82, 2.24) is 5.32 Å². The van der Waals surface area contributed by atoms with Gasteiger partial charge in [0.25, 0.3) is 0 Å². The first-order valence-electron chi connectivity index (χ1n) is 14.0. The predicted octanol–water partition coefficient (Wildman–Crippen LogP) is 7.35. The van der Waals surface area contributed by atoms with E-state index in [9.17, 15) is 14.4 Å². The molecule has 0 radical (unpaired) electrons. The molecule has 0 rings (SSSR count). The maximum absolute atomic E-state index is 12.4. The number of esters is 2. The van der Waals surface area contributed by atoms with Crippen LogP contribution in [0.15, 0.2) is 0 Å². The first kappa shape index (κ1) is 34.2. The van der Waals surface area contributed by atoms with Crippen LogP contribution in [0.3, 0.4) is 0 Å². The Labute approximate surface area is 220 Å². The van der Waals surface area contributed by atoms with E-state index in [0.717, 1.165) is 32.1 Å². The Hall–Kier alpha value is -1.79. The molecule has 1 unspecified atom stereocenters. The van der Waals surface area contributed by atoms with Crippen molar-refractivity contribution in [3.8, 4) is 0 Å². The molecule has 0 aromatic carbocycles. The zero-order valence-electron chi connectivity index (χ0n) is 24.7. The van der Waals surface area contributed by atoms with E-state index < -0.39 is 22.7 Å². The molecule has 0 bridgehead atoms. The van der Waals surface area contributed by atoms with Crippen LogP contribution in [-0.4, -0.2) is 42.4 Å². The molecule has 0 aliphatic heterocycles. The zero-order chi connectivity index (χ0) is 27.8. The van der Waals surface area contributed by atoms with Gasteiger partial charge in [-0.05, 0) is 79.6 Å². The summed E-state index contributed by atoms with van der Waals surface area (Å²) in [6.07, 6.45) is 9.34. The molecule has 0 aromatic rings. The van der Waals surface area contributed by atoms with Crippen LogP contribution >= 0.6 is 0 Å². The lowest BCUT2D eigenvalue weighted by Crippen LogP contribution is -2.37. The summed E-state index contributed by atoms with van der Waals surface area (Å²) >= 11 is 0. The molecular formula is C29H55NO6. The summed E-state index contributed by atoms with van der Waals surface area (Å²) < 4.78 is 16.5. The normalized spacial score (nSPS) is 13.1. The Kier molecular flexibility index (Phi) is 16.0. The van der Waals surface area contributed by atoms with E-state index in [1.807, 2.05) is 48.5 Å². The zero-order valence-corrected chi connectivity index (χ0v) is 24.7. The second-order valence-electron chi connectivity index (χ2n) is 11.9. The molecule has 1 amide bonds. The Morgan fingerprint density at radius 3 is 2.08 bits per heavy atom. The lowest BCUT2D eigenvalue weighted by Gasteiger charge is -2.29. The molecule has 0 aliphatic rings. The molecule has 7 heteroatoms. The van der Waals surface area contributed by atoms with Crippen molar-refractivity contribution in [2.75, 3.05) is 13.2 Å². The van der Waals surface area contributed by atoms with Gasteiger partial charge in [-0.3, -0.25) is 9.59 Å². The van der Waals surface area contributed by atoms with Crippen molar-refractivity contribution in [3.05, 3.63) is 0 Å². The average molecular weight is 514 g/mol. The monoisotopic (exact) mass is 513 g/mol. The van der Waals surface area contributed by atoms with Crippen molar-refractivity contribution in [2.24, 2.45) is 11.3 Å². The Bertz CT molecular complexity index is 656. The number of ether oxygens (including phenoxy) is 3. The number of unbranched alkanes of at least 4 members (excludes halogenated alkanes) is 3. The van der Waals surface area contributed by atoms with Gasteiger partial charge in [0, 0.05) is 6.42 Å². The molecule has 1 atom stereocenters. The smallest absolute Gasteiger partial charge is 0.407 e. The highest BCUT2D eigenvalue weighted by Crippen LogP contribution is 2.27. The van der Waals surface area contributed by atoms with Crippen LogP contribution in [0.4, 0.5) is 4.79 Å². The fraction of sp³-hybridized carbons (Fsp3) is 0.897. The third-order valence-electron chi connectivity index (χ3n) is 6.78. The standard InChI is InChI=1S/C29H55NO6/c1-10-13-17-23(11-2)22-29(8,9)35-24(31)18-15-14-16-19-28(6,7)36-26(33)30-20-21-34-25(32)27(4,5)12-3/h23H,10-22H2,1-9H3,(H,30,33). The second kappa shape index (κ2) is 16.9. The highest BCUT2D eigenvalue weighted by atomic mass is 16.6. The average Bonchev–Trinajstić information content (AvgIpc) is 2.78. The van der Waals surface area contributed by atoms with Crippen LogP contribution in [0, 0.1) is 11.3 Å². The third kappa shape index (κ3) is 16.1. The largest absolute Gasteiger partial charge is 0.463 e. The Morgan fingerprint density at radius 2 is 1.50 bits per heavy atom. The molecule has 0 fully saturated rings. The molecule has 36 heavy (non-hydrogen) atoms. The minimum Gasteiger partial charge on any atom is -0.463 e. The number of carbonyl (C=O) groups is 3. The number of nitrogens with one attached hydrogen (secondary N) is 1. The van der Waals surface area contributed by atoms with Crippen molar-refractivity contribution in [3.63, 3.8) is 0 Å². The lowest BCUT2D eigenvalue weighted by atomic mass is 9.87. The highest BCUT2D eigenvalue weighted by Gasteiger charge is 2.28. The van der Waals surface area contributed by atoms with E-state index in [0.29, 0.717) is 25.2 Å². The van der Waals surface area contributed by atoms with Crippen molar-refractivity contribution in [2.45, 2.75) is 144 Å². The topological polar surface area (TPSA) is 90.9 Å². The quantitative estimate of drug-likeness (QED) is 0.110. The summed E-state index contributed by atoms with van der Waals surface area (Å²) in [7, 11) is 0. The maximum Gasteiger partial charge on any atom is 0.407 e. The van der Waals surface area contributed by atoms with Crippen LogP contribution in [0.25, 0.3) is 0 Å². The molecule has 0 saturated heterocycles. The van der Waals surface area contributed by atoms with Crippen LogP contribution < -0.4 is 5.32 Å². The third-order valence-corrected chi connectivity index (χ3v) is 6.78. The predicted molar refractivity (Wildman–Crippen MR) is 145 cm³/mol. The minimum absolute atomic E-state index is 0.114. The summed E-state index contributed by atoms with van der Waals surface area (Å²) in [5.41, 5.74) is -1.58. The van der Waals surface area contributed by atoms with E-state index in [2.05, 4.69) is 19.2 Å². The first-order chi connectivity index (χ1) is 16.7. The van der Waals surface area contributed by atoms with E-state index in [1.165, 1.54) is 19.3 Å². The molecule has 212 valence electrons. The van der Waals surface area contributed by atoms with Crippen LogP contribution in [-0.2, 0) is 23.8 Å². The Balaban J connectivity index is 4.14. The molecule has 7 nitrogen and oxygen atoms in total. The van der Waals surface area contributed by atoms with Crippen LogP contribution in [0.5, 0.6) is 0 Å². The molecule has 0 aromatic heterocycles. The first-order valence-corrected chi connectivity index (χ1v) is 14.0. The number of amides is 1. The molecule has 0 spiro atoms. The molecule has 1 N–H and O–H groups in total. The number of hydrogen-bond acceptors (Lipinski definition) is 6. The number of carbonyl (C=O) groups excluding carboxylic acids is 3. The van der Waals surface area contributed by atoms with E-state index >= 15 is 0 Å². The highest BCUT2D eigenvalue weighted by molar-refractivity contribution is 5.75. The van der Waals surface area contributed by atoms with Crippen LogP contribution in [0.1, 0.15) is 133 Å². The van der Waals surface area contributed by atoms with Crippen LogP contribution in [0.2, 0.25) is 0 Å². The summed E-state index contributed by atoms with van der Waals surface area (Å²) in [6, 6.07) is 0. The van der Waals surface area contributed by atoms with Crippen molar-refractivity contribution in [1.29, 1.82) is 0 Å². The van der Waals surface area contributed by atoms with Gasteiger partial charge in [0.2, 0.25) is 0 Å². The van der Waals surface area contributed by atoms with Gasteiger partial charge in [0.1, 0.15) is 17.8 Å². The Morgan fingerprint density at radius 1 is 0.833 bits per heavy atom. The van der Waals surface area contributed by atoms with Gasteiger partial charge in [0.05, 0.1) is 12.0 Å². The molecular weight excluding hydrogens is 458 g/mol. The molecule has 0 heterocycles. The molecule has 0 saturated carbocycles. The van der Waals surface area contributed by atoms with E-state index in [-0.39, 0.29) is 25.1 Å². The summed E-state index contributed by atoms with van der Waals surface area (Å²) in [5.74, 6) is 0.184. The van der Waals surface area contributed by atoms with Crippen molar-refractivity contribution >= 4 is 18.0 Å². The summed E-state index contributed by atoms with van der Waals surface area (Å²) in [6.45, 7) is 18.1. The number of rotatable bonds is 19. The van der Waals surface area contributed by atoms with Gasteiger partial charge in [-0.25, -0.2) is 4.79 Å². The van der Waals surface area contributed by atoms with Gasteiger partial charge >= 0.3 is 18.0 Å². The SMILES string of the molecule is CCCCC(CC)CC(C)(C)OC(=O)CCCCCC(C)(C)OC(=O)NCCOC(=O)C(C)(C)CC. The van der Waals surface area contributed by atoms with Gasteiger partial charge in [-0.2, -0.15) is 0 Å². The van der Waals surface area contributed by atoms with E-state index in [4.69, 9.17) is 14.2 Å². The van der Waals surface area contributed by atoms with Gasteiger partial charge in [-0.1, -0.05) is 52.9 Å². The maximum atomic E-state index is 12.4.